The molecule has 2 aromatic carbocycles. The van der Waals surface area contributed by atoms with E-state index in [2.05, 4.69) is 42.6 Å². The zero-order chi connectivity index (χ0) is 29.3. The van der Waals surface area contributed by atoms with E-state index in [4.69, 9.17) is 0 Å². The second-order valence-electron chi connectivity index (χ2n) is 11.2. The zero-order valence-corrected chi connectivity index (χ0v) is 23.4. The molecule has 0 spiro atoms. The number of piperidine rings is 1. The first-order chi connectivity index (χ1) is 20.3. The Bertz CT molecular complexity index is 1560. The Morgan fingerprint density at radius 1 is 0.976 bits per heavy atom. The van der Waals surface area contributed by atoms with Crippen molar-refractivity contribution in [2.75, 3.05) is 16.8 Å². The smallest absolute Gasteiger partial charge is 0.326 e. The fourth-order valence-corrected chi connectivity index (χ4v) is 6.33. The first-order valence-electron chi connectivity index (χ1n) is 14.5. The summed E-state index contributed by atoms with van der Waals surface area (Å²) in [5.41, 5.74) is 3.02. The maximum atomic E-state index is 13.4. The van der Waals surface area contributed by atoms with Crippen LogP contribution in [0.2, 0.25) is 0 Å². The third kappa shape index (κ3) is 5.68. The van der Waals surface area contributed by atoms with E-state index in [-0.39, 0.29) is 23.2 Å². The van der Waals surface area contributed by atoms with Crippen LogP contribution in [0.25, 0.3) is 11.0 Å². The van der Waals surface area contributed by atoms with Crippen LogP contribution >= 0.6 is 0 Å². The van der Waals surface area contributed by atoms with Gasteiger partial charge in [0.15, 0.2) is 5.82 Å². The Balaban J connectivity index is 1.27. The van der Waals surface area contributed by atoms with Crippen LogP contribution in [-0.4, -0.2) is 33.4 Å². The highest BCUT2D eigenvalue weighted by Crippen LogP contribution is 2.38. The van der Waals surface area contributed by atoms with Crippen LogP contribution in [0.5, 0.6) is 0 Å². The Morgan fingerprint density at radius 2 is 1.76 bits per heavy atom. The summed E-state index contributed by atoms with van der Waals surface area (Å²) >= 11 is 0. The molecule has 2 fully saturated rings. The normalized spacial score (nSPS) is 19.6. The summed E-state index contributed by atoms with van der Waals surface area (Å²) in [6, 6.07) is 15.9. The number of halogens is 3. The molecule has 3 heterocycles. The number of alkyl halides is 3. The van der Waals surface area contributed by atoms with Crippen molar-refractivity contribution in [1.29, 1.82) is 0 Å². The fourth-order valence-electron chi connectivity index (χ4n) is 6.33. The molecule has 7 nitrogen and oxygen atoms in total. The molecule has 2 N–H and O–H groups in total. The molecule has 10 heteroatoms. The molecule has 1 amide bonds. The average molecular weight is 575 g/mol. The van der Waals surface area contributed by atoms with E-state index in [1.165, 1.54) is 19.1 Å². The Kier molecular flexibility index (Phi) is 7.81. The number of amides is 1. The molecule has 2 aromatic heterocycles. The number of carbonyl (C=O) groups is 1. The molecule has 218 valence electrons. The van der Waals surface area contributed by atoms with Crippen LogP contribution in [0.1, 0.15) is 61.3 Å². The van der Waals surface area contributed by atoms with Gasteiger partial charge in [-0.1, -0.05) is 31.0 Å². The molecule has 1 saturated heterocycles. The summed E-state index contributed by atoms with van der Waals surface area (Å²) in [5.74, 6) is 0.0603. The lowest BCUT2D eigenvalue weighted by atomic mass is 9.85. The van der Waals surface area contributed by atoms with Gasteiger partial charge < -0.3 is 15.5 Å². The molecular formula is C32H33F3N6O. The van der Waals surface area contributed by atoms with E-state index in [1.54, 1.807) is 12.5 Å². The lowest BCUT2D eigenvalue weighted by molar-refractivity contribution is -0.138. The number of rotatable bonds is 6. The highest BCUT2D eigenvalue weighted by molar-refractivity contribution is 5.93. The Morgan fingerprint density at radius 3 is 2.52 bits per heavy atom. The highest BCUT2D eigenvalue weighted by atomic mass is 19.4. The molecule has 1 saturated carbocycles. The van der Waals surface area contributed by atoms with Crippen molar-refractivity contribution in [1.82, 2.24) is 20.3 Å². The molecule has 6 rings (SSSR count). The van der Waals surface area contributed by atoms with Gasteiger partial charge in [0.1, 0.15) is 11.8 Å². The number of nitrogens with zero attached hydrogens (tertiary/aromatic N) is 4. The first-order valence-corrected chi connectivity index (χ1v) is 14.5. The predicted octanol–water partition coefficient (Wildman–Crippen LogP) is 7.11. The van der Waals surface area contributed by atoms with Gasteiger partial charge in [-0.15, -0.1) is 0 Å². The van der Waals surface area contributed by atoms with Gasteiger partial charge in [-0.3, -0.25) is 9.78 Å². The second-order valence-corrected chi connectivity index (χ2v) is 11.2. The van der Waals surface area contributed by atoms with Crippen molar-refractivity contribution in [3.05, 3.63) is 83.8 Å². The monoisotopic (exact) mass is 574 g/mol. The predicted molar refractivity (Wildman–Crippen MR) is 156 cm³/mol. The third-order valence-electron chi connectivity index (χ3n) is 8.43. The standard InChI is InChI=1S/C32H33F3N6O/c1-20-10-13-22(18-26(20)32(33,34)35)40-31(42)25-8-4-16-36-28(25)21-11-14-24(15-12-21)41(23-6-2-3-7-23)30-29-27(38-19-39-30)9-5-17-37-29/h5,9-15,17-19,23,25,28,36H,2-4,6-8,16H2,1H3,(H,40,42)/t25-,28-/m0/s1. The number of aryl methyl sites for hydroxylation is 1. The van der Waals surface area contributed by atoms with Crippen molar-refractivity contribution in [3.8, 4) is 0 Å². The first kappa shape index (κ1) is 28.1. The minimum atomic E-state index is -4.48. The molecule has 0 radical (unpaired) electrons. The number of aromatic nitrogens is 3. The van der Waals surface area contributed by atoms with E-state index in [1.807, 2.05) is 24.3 Å². The maximum Gasteiger partial charge on any atom is 0.416 e. The van der Waals surface area contributed by atoms with Gasteiger partial charge in [0.2, 0.25) is 5.91 Å². The number of fused-ring (bicyclic) bond motifs is 1. The van der Waals surface area contributed by atoms with Crippen LogP contribution in [0, 0.1) is 12.8 Å². The van der Waals surface area contributed by atoms with Crippen LogP contribution in [0.4, 0.5) is 30.4 Å². The van der Waals surface area contributed by atoms with Crippen LogP contribution in [0.3, 0.4) is 0 Å². The SMILES string of the molecule is Cc1ccc(NC(=O)[C@H]2CCCN[C@H]2c2ccc(N(c3ncnc4cccnc34)C3CCCC3)cc2)cc1C(F)(F)F. The van der Waals surface area contributed by atoms with Crippen LogP contribution in [-0.2, 0) is 11.0 Å². The Hall–Kier alpha value is -4.05. The van der Waals surface area contributed by atoms with Crippen molar-refractivity contribution in [2.24, 2.45) is 5.92 Å². The van der Waals surface area contributed by atoms with E-state index in [9.17, 15) is 18.0 Å². The van der Waals surface area contributed by atoms with Crippen molar-refractivity contribution >= 4 is 34.1 Å². The van der Waals surface area contributed by atoms with Crippen molar-refractivity contribution in [3.63, 3.8) is 0 Å². The molecule has 0 bridgehead atoms. The zero-order valence-electron chi connectivity index (χ0n) is 23.4. The quantitative estimate of drug-likeness (QED) is 0.255. The highest BCUT2D eigenvalue weighted by Gasteiger charge is 2.35. The van der Waals surface area contributed by atoms with E-state index in [0.717, 1.165) is 72.8 Å². The molecule has 1 aliphatic heterocycles. The van der Waals surface area contributed by atoms with Gasteiger partial charge in [0, 0.05) is 29.7 Å². The number of anilines is 3. The summed E-state index contributed by atoms with van der Waals surface area (Å²) in [6.07, 6.45) is 4.72. The summed E-state index contributed by atoms with van der Waals surface area (Å²) in [4.78, 5) is 29.3. The lowest BCUT2D eigenvalue weighted by Crippen LogP contribution is -2.40. The summed E-state index contributed by atoms with van der Waals surface area (Å²) in [6.45, 7) is 2.17. The van der Waals surface area contributed by atoms with Crippen LogP contribution in [0.15, 0.2) is 67.1 Å². The van der Waals surface area contributed by atoms with Gasteiger partial charge in [-0.2, -0.15) is 13.2 Å². The maximum absolute atomic E-state index is 13.4. The van der Waals surface area contributed by atoms with Gasteiger partial charge >= 0.3 is 6.18 Å². The lowest BCUT2D eigenvalue weighted by Gasteiger charge is -2.33. The van der Waals surface area contributed by atoms with Crippen LogP contribution < -0.4 is 15.5 Å². The number of carbonyl (C=O) groups excluding carboxylic acids is 1. The summed E-state index contributed by atoms with van der Waals surface area (Å²) in [5, 5.41) is 6.22. The molecule has 2 aliphatic rings. The summed E-state index contributed by atoms with van der Waals surface area (Å²) in [7, 11) is 0. The van der Waals surface area contributed by atoms with E-state index >= 15 is 0 Å². The number of pyridine rings is 1. The van der Waals surface area contributed by atoms with Gasteiger partial charge in [0.05, 0.1) is 17.0 Å². The average Bonchev–Trinajstić information content (AvgIpc) is 3.53. The molecule has 0 unspecified atom stereocenters. The Labute approximate surface area is 242 Å². The van der Waals surface area contributed by atoms with E-state index < -0.39 is 17.7 Å². The minimum Gasteiger partial charge on any atom is -0.326 e. The second kappa shape index (κ2) is 11.7. The third-order valence-corrected chi connectivity index (χ3v) is 8.43. The largest absolute Gasteiger partial charge is 0.416 e. The number of nitrogens with one attached hydrogen (secondary N) is 2. The number of benzene rings is 2. The molecule has 4 aromatic rings. The molecule has 2 atom stereocenters. The topological polar surface area (TPSA) is 83.0 Å². The molecule has 42 heavy (non-hydrogen) atoms. The molecule has 1 aliphatic carbocycles. The fraction of sp³-hybridized carbons (Fsp3) is 0.375. The van der Waals surface area contributed by atoms with Gasteiger partial charge in [0.25, 0.3) is 0 Å². The summed E-state index contributed by atoms with van der Waals surface area (Å²) < 4.78 is 40.3. The minimum absolute atomic E-state index is 0.121. The van der Waals surface area contributed by atoms with Gasteiger partial charge in [-0.05, 0) is 86.7 Å². The molecular weight excluding hydrogens is 541 g/mol. The van der Waals surface area contributed by atoms with Crippen molar-refractivity contribution < 1.29 is 18.0 Å². The van der Waals surface area contributed by atoms with E-state index in [0.29, 0.717) is 12.5 Å². The van der Waals surface area contributed by atoms with Gasteiger partial charge in [-0.25, -0.2) is 9.97 Å². The van der Waals surface area contributed by atoms with Crippen molar-refractivity contribution in [2.45, 2.75) is 63.7 Å². The number of hydrogen-bond donors (Lipinski definition) is 2. The number of hydrogen-bond acceptors (Lipinski definition) is 6.